The molecule has 1 aliphatic heterocycles. The number of ether oxygens (including phenoxy) is 2. The smallest absolute Gasteiger partial charge is 0.219 e. The van der Waals surface area contributed by atoms with Gasteiger partial charge in [-0.05, 0) is 53.8 Å². The molecule has 3 aromatic rings. The lowest BCUT2D eigenvalue weighted by Gasteiger charge is -2.28. The zero-order valence-electron chi connectivity index (χ0n) is 21.5. The molecule has 1 heterocycles. The number of carbonyl (C=O) groups excluding carboxylic acids is 1. The lowest BCUT2D eigenvalue weighted by Crippen LogP contribution is -2.35. The third-order valence-electron chi connectivity index (χ3n) is 7.03. The minimum Gasteiger partial charge on any atom is -0.497 e. The fraction of sp³-hybridized carbons (Fsp3) is 0.367. The Labute approximate surface area is 213 Å². The number of aryl methyl sites for hydroxylation is 1. The van der Waals surface area contributed by atoms with Gasteiger partial charge in [-0.1, -0.05) is 42.0 Å². The van der Waals surface area contributed by atoms with Crippen molar-refractivity contribution in [1.29, 1.82) is 0 Å². The first kappa shape index (κ1) is 25.7. The van der Waals surface area contributed by atoms with Gasteiger partial charge in [0, 0.05) is 51.6 Å². The fourth-order valence-corrected chi connectivity index (χ4v) is 5.08. The molecule has 2 atom stereocenters. The molecular weight excluding hydrogens is 455 g/mol. The third kappa shape index (κ3) is 6.43. The summed E-state index contributed by atoms with van der Waals surface area (Å²) in [6.07, 6.45) is 0. The SMILES string of the molecule is COc1cc(CN2C[C@@H](CN(Cc3ccc(F)cc3)C(C)=O)[C@@H](c3ccc(C)cc3)C2)cc(OC)c1. The highest BCUT2D eigenvalue weighted by Crippen LogP contribution is 2.35. The summed E-state index contributed by atoms with van der Waals surface area (Å²) in [5.41, 5.74) is 4.58. The van der Waals surface area contributed by atoms with Crippen LogP contribution in [0.4, 0.5) is 4.39 Å². The van der Waals surface area contributed by atoms with Crippen molar-refractivity contribution in [3.8, 4) is 11.5 Å². The van der Waals surface area contributed by atoms with E-state index in [1.165, 1.54) is 23.3 Å². The van der Waals surface area contributed by atoms with Gasteiger partial charge < -0.3 is 14.4 Å². The summed E-state index contributed by atoms with van der Waals surface area (Å²) in [5.74, 6) is 1.87. The van der Waals surface area contributed by atoms with Crippen LogP contribution in [0.25, 0.3) is 0 Å². The van der Waals surface area contributed by atoms with Gasteiger partial charge >= 0.3 is 0 Å². The van der Waals surface area contributed by atoms with E-state index in [0.29, 0.717) is 19.0 Å². The van der Waals surface area contributed by atoms with Crippen molar-refractivity contribution >= 4 is 5.91 Å². The standard InChI is InChI=1S/C30H35FN2O3/c1-21-5-9-25(10-6-21)30-20-32(16-24-13-28(35-3)15-29(14-24)36-4)18-26(30)19-33(22(2)34)17-23-7-11-27(31)12-8-23/h5-15,26,30H,16-20H2,1-4H3/t26-,30+/m0/s1. The zero-order chi connectivity index (χ0) is 25.7. The molecular formula is C30H35FN2O3. The number of hydrogen-bond donors (Lipinski definition) is 0. The molecule has 1 amide bonds. The summed E-state index contributed by atoms with van der Waals surface area (Å²) in [7, 11) is 3.32. The monoisotopic (exact) mass is 490 g/mol. The van der Waals surface area contributed by atoms with Crippen LogP contribution in [0.5, 0.6) is 11.5 Å². The van der Waals surface area contributed by atoms with Gasteiger partial charge in [-0.15, -0.1) is 0 Å². The second-order valence-corrected chi connectivity index (χ2v) is 9.72. The molecule has 0 radical (unpaired) electrons. The normalized spacial score (nSPS) is 17.7. The van der Waals surface area contributed by atoms with Gasteiger partial charge in [0.2, 0.25) is 5.91 Å². The zero-order valence-corrected chi connectivity index (χ0v) is 21.5. The van der Waals surface area contributed by atoms with Gasteiger partial charge in [0.05, 0.1) is 14.2 Å². The molecule has 0 unspecified atom stereocenters. The summed E-state index contributed by atoms with van der Waals surface area (Å²) < 4.78 is 24.3. The first-order chi connectivity index (χ1) is 17.3. The van der Waals surface area contributed by atoms with Crippen LogP contribution in [0.1, 0.15) is 35.1 Å². The van der Waals surface area contributed by atoms with Crippen LogP contribution in [0, 0.1) is 18.7 Å². The average Bonchev–Trinajstić information content (AvgIpc) is 3.26. The predicted molar refractivity (Wildman–Crippen MR) is 140 cm³/mol. The first-order valence-electron chi connectivity index (χ1n) is 12.4. The molecule has 0 aliphatic carbocycles. The topological polar surface area (TPSA) is 42.0 Å². The van der Waals surface area contributed by atoms with Crippen molar-refractivity contribution in [3.63, 3.8) is 0 Å². The first-order valence-corrected chi connectivity index (χ1v) is 12.4. The second kappa shape index (κ2) is 11.6. The molecule has 0 bridgehead atoms. The van der Waals surface area contributed by atoms with Crippen molar-refractivity contribution in [2.24, 2.45) is 5.92 Å². The molecule has 1 aliphatic rings. The molecule has 1 fully saturated rings. The van der Waals surface area contributed by atoms with Gasteiger partial charge in [0.25, 0.3) is 0 Å². The molecule has 1 saturated heterocycles. The number of likely N-dealkylation sites (tertiary alicyclic amines) is 1. The van der Waals surface area contributed by atoms with E-state index in [1.807, 2.05) is 23.1 Å². The maximum atomic E-state index is 13.4. The highest BCUT2D eigenvalue weighted by molar-refractivity contribution is 5.73. The van der Waals surface area contributed by atoms with Crippen LogP contribution >= 0.6 is 0 Å². The van der Waals surface area contributed by atoms with Gasteiger partial charge in [0.1, 0.15) is 17.3 Å². The maximum absolute atomic E-state index is 13.4. The Morgan fingerprint density at radius 2 is 1.58 bits per heavy atom. The van der Waals surface area contributed by atoms with Crippen LogP contribution in [-0.2, 0) is 17.9 Å². The van der Waals surface area contributed by atoms with E-state index >= 15 is 0 Å². The Hall–Kier alpha value is -3.38. The summed E-state index contributed by atoms with van der Waals surface area (Å²) >= 11 is 0. The van der Waals surface area contributed by atoms with Crippen molar-refractivity contribution < 1.29 is 18.7 Å². The molecule has 0 aromatic heterocycles. The predicted octanol–water partition coefficient (Wildman–Crippen LogP) is 5.42. The van der Waals surface area contributed by atoms with Crippen molar-refractivity contribution in [3.05, 3.63) is 94.8 Å². The minimum atomic E-state index is -0.270. The number of carbonyl (C=O) groups is 1. The number of rotatable bonds is 9. The molecule has 5 nitrogen and oxygen atoms in total. The summed E-state index contributed by atoms with van der Waals surface area (Å²) in [6.45, 7) is 7.35. The van der Waals surface area contributed by atoms with Crippen LogP contribution in [-0.4, -0.2) is 49.6 Å². The van der Waals surface area contributed by atoms with Crippen molar-refractivity contribution in [1.82, 2.24) is 9.80 Å². The van der Waals surface area contributed by atoms with Gasteiger partial charge in [-0.25, -0.2) is 4.39 Å². The van der Waals surface area contributed by atoms with Gasteiger partial charge in [-0.3, -0.25) is 9.69 Å². The number of halogens is 1. The van der Waals surface area contributed by atoms with E-state index in [4.69, 9.17) is 9.47 Å². The van der Waals surface area contributed by atoms with E-state index in [9.17, 15) is 9.18 Å². The van der Waals surface area contributed by atoms with E-state index in [2.05, 4.69) is 36.1 Å². The molecule has 0 N–H and O–H groups in total. The number of amides is 1. The Morgan fingerprint density at radius 3 is 2.17 bits per heavy atom. The van der Waals surface area contributed by atoms with Crippen LogP contribution in [0.15, 0.2) is 66.7 Å². The lowest BCUT2D eigenvalue weighted by molar-refractivity contribution is -0.130. The highest BCUT2D eigenvalue weighted by atomic mass is 19.1. The van der Waals surface area contributed by atoms with Crippen LogP contribution in [0.3, 0.4) is 0 Å². The summed E-state index contributed by atoms with van der Waals surface area (Å²) in [6, 6.07) is 21.1. The van der Waals surface area contributed by atoms with E-state index in [0.717, 1.165) is 42.3 Å². The molecule has 3 aromatic carbocycles. The number of nitrogens with zero attached hydrogens (tertiary/aromatic N) is 2. The van der Waals surface area contributed by atoms with E-state index in [-0.39, 0.29) is 17.6 Å². The molecule has 36 heavy (non-hydrogen) atoms. The van der Waals surface area contributed by atoms with Crippen molar-refractivity contribution in [2.75, 3.05) is 33.9 Å². The van der Waals surface area contributed by atoms with E-state index in [1.54, 1.807) is 33.3 Å². The Bertz CT molecular complexity index is 1140. The lowest BCUT2D eigenvalue weighted by atomic mass is 9.88. The molecule has 0 saturated carbocycles. The highest BCUT2D eigenvalue weighted by Gasteiger charge is 2.35. The van der Waals surface area contributed by atoms with Crippen LogP contribution in [0.2, 0.25) is 0 Å². The third-order valence-corrected chi connectivity index (χ3v) is 7.03. The largest absolute Gasteiger partial charge is 0.497 e. The summed E-state index contributed by atoms with van der Waals surface area (Å²) in [5, 5.41) is 0. The Balaban J connectivity index is 1.56. The quantitative estimate of drug-likeness (QED) is 0.402. The second-order valence-electron chi connectivity index (χ2n) is 9.72. The maximum Gasteiger partial charge on any atom is 0.219 e. The molecule has 4 rings (SSSR count). The minimum absolute atomic E-state index is 0.0259. The van der Waals surface area contributed by atoms with E-state index < -0.39 is 0 Å². The van der Waals surface area contributed by atoms with Crippen molar-refractivity contribution in [2.45, 2.75) is 32.9 Å². The van der Waals surface area contributed by atoms with Gasteiger partial charge in [-0.2, -0.15) is 0 Å². The Morgan fingerprint density at radius 1 is 0.944 bits per heavy atom. The summed E-state index contributed by atoms with van der Waals surface area (Å²) in [4.78, 5) is 16.9. The number of hydrogen-bond acceptors (Lipinski definition) is 4. The van der Waals surface area contributed by atoms with Crippen LogP contribution < -0.4 is 9.47 Å². The Kier molecular flexibility index (Phi) is 8.26. The molecule has 190 valence electrons. The van der Waals surface area contributed by atoms with Gasteiger partial charge in [0.15, 0.2) is 0 Å². The molecule has 0 spiro atoms. The fourth-order valence-electron chi connectivity index (χ4n) is 5.08. The number of benzene rings is 3. The number of methoxy groups -OCH3 is 2. The average molecular weight is 491 g/mol. The molecule has 6 heteroatoms.